The number of carbonyl (C=O) groups is 2. The van der Waals surface area contributed by atoms with Crippen LogP contribution in [0.3, 0.4) is 0 Å². The van der Waals surface area contributed by atoms with E-state index in [0.29, 0.717) is 11.4 Å². The van der Waals surface area contributed by atoms with Crippen LogP contribution in [0.5, 0.6) is 0 Å². The molecule has 0 aliphatic heterocycles. The second kappa shape index (κ2) is 5.91. The topological polar surface area (TPSA) is 110 Å². The minimum absolute atomic E-state index is 0.359. The number of carbonyl (C=O) groups excluding carboxylic acids is 2. The second-order valence-electron chi connectivity index (χ2n) is 4.03. The van der Waals surface area contributed by atoms with E-state index in [9.17, 15) is 9.59 Å². The van der Waals surface area contributed by atoms with Gasteiger partial charge in [0.2, 0.25) is 5.82 Å². The van der Waals surface area contributed by atoms with E-state index in [1.165, 1.54) is 7.11 Å². The first-order valence-electron chi connectivity index (χ1n) is 5.84. The van der Waals surface area contributed by atoms with Crippen LogP contribution in [-0.2, 0) is 9.53 Å². The maximum absolute atomic E-state index is 11.9. The number of nitrogens with one attached hydrogen (secondary N) is 2. The lowest BCUT2D eigenvalue weighted by molar-refractivity contribution is -0.142. The number of esters is 1. The molecule has 20 heavy (non-hydrogen) atoms. The summed E-state index contributed by atoms with van der Waals surface area (Å²) >= 11 is 0. The summed E-state index contributed by atoms with van der Waals surface area (Å²) in [6.45, 7) is 1.55. The van der Waals surface area contributed by atoms with Gasteiger partial charge in [0.15, 0.2) is 0 Å². The number of benzene rings is 1. The van der Waals surface area contributed by atoms with Gasteiger partial charge in [-0.15, -0.1) is 10.2 Å². The van der Waals surface area contributed by atoms with E-state index < -0.39 is 12.0 Å². The number of methoxy groups -OCH3 is 1. The fraction of sp³-hybridized carbons (Fsp3) is 0.250. The maximum Gasteiger partial charge on any atom is 0.328 e. The van der Waals surface area contributed by atoms with Crippen molar-refractivity contribution in [2.24, 2.45) is 0 Å². The molecule has 0 fully saturated rings. The highest BCUT2D eigenvalue weighted by Crippen LogP contribution is 2.13. The Bertz CT molecular complexity index is 594. The van der Waals surface area contributed by atoms with E-state index in [2.05, 4.69) is 30.7 Å². The number of hydrogen-bond donors (Lipinski definition) is 2. The molecule has 104 valence electrons. The van der Waals surface area contributed by atoms with E-state index in [1.807, 2.05) is 0 Å². The summed E-state index contributed by atoms with van der Waals surface area (Å²) in [7, 11) is 1.27. The number of amides is 1. The number of rotatable bonds is 4. The van der Waals surface area contributed by atoms with Crippen molar-refractivity contribution in [3.63, 3.8) is 0 Å². The van der Waals surface area contributed by atoms with Crippen molar-refractivity contribution in [2.45, 2.75) is 13.0 Å². The first-order valence-corrected chi connectivity index (χ1v) is 5.84. The van der Waals surface area contributed by atoms with Gasteiger partial charge in [0.05, 0.1) is 7.11 Å². The van der Waals surface area contributed by atoms with Crippen molar-refractivity contribution in [1.29, 1.82) is 0 Å². The molecule has 0 aliphatic carbocycles. The minimum atomic E-state index is -0.704. The Kier molecular flexibility index (Phi) is 4.04. The number of aromatic nitrogens is 4. The lowest BCUT2D eigenvalue weighted by atomic mass is 10.1. The Morgan fingerprint density at radius 3 is 2.55 bits per heavy atom. The highest BCUT2D eigenvalue weighted by molar-refractivity contribution is 5.96. The summed E-state index contributed by atoms with van der Waals surface area (Å²) in [6.07, 6.45) is 0. The number of H-pyrrole nitrogens is 1. The first kappa shape index (κ1) is 13.7. The molecule has 0 bridgehead atoms. The molecule has 1 heterocycles. The molecule has 1 amide bonds. The molecule has 0 saturated carbocycles. The van der Waals surface area contributed by atoms with Crippen LogP contribution in [0.15, 0.2) is 24.3 Å². The van der Waals surface area contributed by atoms with Gasteiger partial charge in [-0.3, -0.25) is 4.79 Å². The molecule has 0 spiro atoms. The molecule has 2 N–H and O–H groups in total. The van der Waals surface area contributed by atoms with Crippen LogP contribution in [-0.4, -0.2) is 45.7 Å². The van der Waals surface area contributed by atoms with Crippen molar-refractivity contribution in [2.75, 3.05) is 7.11 Å². The molecule has 8 nitrogen and oxygen atoms in total. The number of nitrogens with zero attached hydrogens (tertiary/aromatic N) is 3. The Balaban J connectivity index is 2.06. The Labute approximate surface area is 114 Å². The van der Waals surface area contributed by atoms with Gasteiger partial charge < -0.3 is 10.1 Å². The predicted octanol–water partition coefficient (Wildman–Crippen LogP) is 0.158. The summed E-state index contributed by atoms with van der Waals surface area (Å²) in [5.74, 6) is -0.413. The van der Waals surface area contributed by atoms with Crippen LogP contribution in [0, 0.1) is 0 Å². The number of ether oxygens (including phenoxy) is 1. The maximum atomic E-state index is 11.9. The molecule has 0 aliphatic rings. The monoisotopic (exact) mass is 275 g/mol. The SMILES string of the molecule is COC(=O)C(C)NC(=O)c1ccc(-c2nn[nH]n2)cc1. The van der Waals surface area contributed by atoms with Crippen LogP contribution in [0.1, 0.15) is 17.3 Å². The smallest absolute Gasteiger partial charge is 0.328 e. The number of tetrazole rings is 1. The zero-order valence-corrected chi connectivity index (χ0v) is 11.0. The third kappa shape index (κ3) is 2.97. The van der Waals surface area contributed by atoms with Crippen LogP contribution < -0.4 is 5.32 Å². The van der Waals surface area contributed by atoms with Crippen molar-refractivity contribution in [3.05, 3.63) is 29.8 Å². The van der Waals surface area contributed by atoms with Crippen LogP contribution >= 0.6 is 0 Å². The molecule has 1 unspecified atom stereocenters. The second-order valence-corrected chi connectivity index (χ2v) is 4.03. The third-order valence-electron chi connectivity index (χ3n) is 2.65. The van der Waals surface area contributed by atoms with E-state index in [4.69, 9.17) is 0 Å². The summed E-state index contributed by atoms with van der Waals surface area (Å²) in [4.78, 5) is 23.1. The van der Waals surface area contributed by atoms with Gasteiger partial charge in [-0.1, -0.05) is 12.1 Å². The van der Waals surface area contributed by atoms with Crippen molar-refractivity contribution >= 4 is 11.9 Å². The zero-order valence-electron chi connectivity index (χ0n) is 11.0. The standard InChI is InChI=1S/C12H13N5O3/c1-7(12(19)20-2)13-11(18)9-5-3-8(4-6-9)10-14-16-17-15-10/h3-7H,1-2H3,(H,13,18)(H,14,15,16,17). The molecular weight excluding hydrogens is 262 g/mol. The normalized spacial score (nSPS) is 11.7. The van der Waals surface area contributed by atoms with E-state index in [1.54, 1.807) is 31.2 Å². The van der Waals surface area contributed by atoms with Crippen LogP contribution in [0.25, 0.3) is 11.4 Å². The molecular formula is C12H13N5O3. The van der Waals surface area contributed by atoms with E-state index in [-0.39, 0.29) is 5.91 Å². The Morgan fingerprint density at radius 1 is 1.30 bits per heavy atom. The van der Waals surface area contributed by atoms with Gasteiger partial charge >= 0.3 is 5.97 Å². The summed E-state index contributed by atoms with van der Waals surface area (Å²) in [6, 6.07) is 5.92. The first-order chi connectivity index (χ1) is 9.61. The molecule has 0 saturated heterocycles. The lowest BCUT2D eigenvalue weighted by Crippen LogP contribution is -2.39. The largest absolute Gasteiger partial charge is 0.467 e. The highest BCUT2D eigenvalue weighted by atomic mass is 16.5. The highest BCUT2D eigenvalue weighted by Gasteiger charge is 2.16. The summed E-state index contributed by atoms with van der Waals surface area (Å²) < 4.78 is 4.54. The van der Waals surface area contributed by atoms with Gasteiger partial charge in [-0.25, -0.2) is 4.79 Å². The molecule has 2 aromatic rings. The number of hydrogen-bond acceptors (Lipinski definition) is 6. The van der Waals surface area contributed by atoms with Crippen LogP contribution in [0.2, 0.25) is 0 Å². The van der Waals surface area contributed by atoms with Gasteiger partial charge in [0.1, 0.15) is 6.04 Å². The molecule has 1 aromatic heterocycles. The van der Waals surface area contributed by atoms with Crippen molar-refractivity contribution in [1.82, 2.24) is 25.9 Å². The Hall–Kier alpha value is -2.77. The van der Waals surface area contributed by atoms with Gasteiger partial charge in [-0.2, -0.15) is 5.21 Å². The zero-order chi connectivity index (χ0) is 14.5. The number of aromatic amines is 1. The molecule has 2 rings (SSSR count). The predicted molar refractivity (Wildman–Crippen MR) is 68.6 cm³/mol. The summed E-state index contributed by atoms with van der Waals surface area (Å²) in [5.41, 5.74) is 1.16. The summed E-state index contributed by atoms with van der Waals surface area (Å²) in [5, 5.41) is 16.0. The van der Waals surface area contributed by atoms with E-state index in [0.717, 1.165) is 5.56 Å². The average Bonchev–Trinajstić information content (AvgIpc) is 3.00. The van der Waals surface area contributed by atoms with Crippen molar-refractivity contribution < 1.29 is 14.3 Å². The van der Waals surface area contributed by atoms with Gasteiger partial charge in [-0.05, 0) is 24.3 Å². The minimum Gasteiger partial charge on any atom is -0.467 e. The Morgan fingerprint density at radius 2 is 2.00 bits per heavy atom. The lowest BCUT2D eigenvalue weighted by Gasteiger charge is -2.11. The van der Waals surface area contributed by atoms with Crippen molar-refractivity contribution in [3.8, 4) is 11.4 Å². The quantitative estimate of drug-likeness (QED) is 0.769. The van der Waals surface area contributed by atoms with Gasteiger partial charge in [0.25, 0.3) is 5.91 Å². The fourth-order valence-corrected chi connectivity index (χ4v) is 1.57. The third-order valence-corrected chi connectivity index (χ3v) is 2.65. The van der Waals surface area contributed by atoms with E-state index >= 15 is 0 Å². The molecule has 0 radical (unpaired) electrons. The average molecular weight is 275 g/mol. The molecule has 8 heteroatoms. The molecule has 1 aromatic carbocycles. The van der Waals surface area contributed by atoms with Gasteiger partial charge in [0, 0.05) is 11.1 Å². The van der Waals surface area contributed by atoms with Crippen LogP contribution in [0.4, 0.5) is 0 Å². The molecule has 1 atom stereocenters. The fourth-order valence-electron chi connectivity index (χ4n) is 1.57.